The predicted octanol–water partition coefficient (Wildman–Crippen LogP) is 2.76. The minimum atomic E-state index is 0.768. The Labute approximate surface area is 114 Å². The van der Waals surface area contributed by atoms with Crippen LogP contribution in [0.4, 0.5) is 0 Å². The van der Waals surface area contributed by atoms with E-state index in [0.717, 1.165) is 55.1 Å². The Bertz CT molecular complexity index is 508. The summed E-state index contributed by atoms with van der Waals surface area (Å²) < 4.78 is 5.36. The Hall–Kier alpha value is -1.81. The lowest BCUT2D eigenvalue weighted by molar-refractivity contribution is 0.416. The molecule has 1 aromatic heterocycles. The zero-order chi connectivity index (χ0) is 13.5. The molecular weight excluding hydrogens is 238 g/mol. The summed E-state index contributed by atoms with van der Waals surface area (Å²) >= 11 is 0. The van der Waals surface area contributed by atoms with Crippen molar-refractivity contribution in [3.63, 3.8) is 0 Å². The first-order valence-electron chi connectivity index (χ1n) is 6.72. The van der Waals surface area contributed by atoms with Crippen molar-refractivity contribution in [2.24, 2.45) is 5.73 Å². The molecule has 1 heterocycles. The van der Waals surface area contributed by atoms with Crippen LogP contribution in [0.1, 0.15) is 25.1 Å². The number of nitrogens with one attached hydrogen (secondary N) is 1. The van der Waals surface area contributed by atoms with Crippen LogP contribution in [0.2, 0.25) is 0 Å². The van der Waals surface area contributed by atoms with Gasteiger partial charge in [0.1, 0.15) is 11.6 Å². The van der Waals surface area contributed by atoms with E-state index >= 15 is 0 Å². The van der Waals surface area contributed by atoms with Gasteiger partial charge in [0.05, 0.1) is 19.0 Å². The number of H-pyrrole nitrogens is 1. The number of methoxy groups -OCH3 is 1. The van der Waals surface area contributed by atoms with Gasteiger partial charge in [-0.05, 0) is 31.5 Å². The molecule has 0 bridgehead atoms. The molecule has 0 saturated carbocycles. The van der Waals surface area contributed by atoms with Gasteiger partial charge in [0.2, 0.25) is 0 Å². The van der Waals surface area contributed by atoms with Gasteiger partial charge in [0.15, 0.2) is 0 Å². The highest BCUT2D eigenvalue weighted by molar-refractivity contribution is 5.66. The second-order valence-corrected chi connectivity index (χ2v) is 4.54. The number of aryl methyl sites for hydroxylation is 1. The first kappa shape index (κ1) is 13.6. The van der Waals surface area contributed by atoms with Gasteiger partial charge in [0, 0.05) is 12.0 Å². The summed E-state index contributed by atoms with van der Waals surface area (Å²) in [6.45, 7) is 0.768. The van der Waals surface area contributed by atoms with E-state index in [1.807, 2.05) is 30.5 Å². The van der Waals surface area contributed by atoms with E-state index in [9.17, 15) is 0 Å². The van der Waals surface area contributed by atoms with Gasteiger partial charge in [-0.15, -0.1) is 0 Å². The molecular formula is C15H21N3O. The molecule has 0 spiro atoms. The predicted molar refractivity (Wildman–Crippen MR) is 77.2 cm³/mol. The molecule has 0 amide bonds. The van der Waals surface area contributed by atoms with E-state index in [1.165, 1.54) is 0 Å². The largest absolute Gasteiger partial charge is 0.496 e. The number of hydrogen-bond donors (Lipinski definition) is 2. The number of aromatic nitrogens is 2. The molecule has 0 fully saturated rings. The van der Waals surface area contributed by atoms with Crippen molar-refractivity contribution in [1.82, 2.24) is 9.97 Å². The number of benzene rings is 1. The van der Waals surface area contributed by atoms with Crippen molar-refractivity contribution in [2.75, 3.05) is 13.7 Å². The first-order valence-corrected chi connectivity index (χ1v) is 6.72. The molecule has 2 rings (SSSR count). The van der Waals surface area contributed by atoms with E-state index < -0.39 is 0 Å². The highest BCUT2D eigenvalue weighted by Crippen LogP contribution is 2.28. The summed E-state index contributed by atoms with van der Waals surface area (Å²) in [6, 6.07) is 7.95. The smallest absolute Gasteiger partial charge is 0.128 e. The molecule has 102 valence electrons. The van der Waals surface area contributed by atoms with Crippen LogP contribution < -0.4 is 10.5 Å². The third-order valence-electron chi connectivity index (χ3n) is 3.14. The number of unbranched alkanes of at least 4 members (excludes halogenated alkanes) is 2. The SMILES string of the molecule is COc1ccccc1-c1cnc(CCCCCN)[nH]1. The topological polar surface area (TPSA) is 63.9 Å². The highest BCUT2D eigenvalue weighted by atomic mass is 16.5. The number of aromatic amines is 1. The summed E-state index contributed by atoms with van der Waals surface area (Å²) in [5.41, 5.74) is 7.54. The molecule has 1 aromatic carbocycles. The Morgan fingerprint density at radius 1 is 1.21 bits per heavy atom. The molecule has 0 aliphatic carbocycles. The van der Waals surface area contributed by atoms with Crippen LogP contribution in [-0.2, 0) is 6.42 Å². The molecule has 0 saturated heterocycles. The Balaban J connectivity index is 2.04. The Morgan fingerprint density at radius 2 is 2.05 bits per heavy atom. The first-order chi connectivity index (χ1) is 9.35. The average molecular weight is 259 g/mol. The third-order valence-corrected chi connectivity index (χ3v) is 3.14. The van der Waals surface area contributed by atoms with Crippen molar-refractivity contribution >= 4 is 0 Å². The monoisotopic (exact) mass is 259 g/mol. The van der Waals surface area contributed by atoms with Gasteiger partial charge in [-0.3, -0.25) is 0 Å². The summed E-state index contributed by atoms with van der Waals surface area (Å²) in [5, 5.41) is 0. The standard InChI is InChI=1S/C15H21N3O/c1-19-14-8-5-4-7-12(14)13-11-17-15(18-13)9-3-2-6-10-16/h4-5,7-8,11H,2-3,6,9-10,16H2,1H3,(H,17,18). The number of ether oxygens (including phenoxy) is 1. The van der Waals surface area contributed by atoms with Crippen LogP contribution in [-0.4, -0.2) is 23.6 Å². The maximum atomic E-state index is 5.48. The fourth-order valence-electron chi connectivity index (χ4n) is 2.11. The maximum absolute atomic E-state index is 5.48. The lowest BCUT2D eigenvalue weighted by Gasteiger charge is -2.05. The van der Waals surface area contributed by atoms with Gasteiger partial charge >= 0.3 is 0 Å². The molecule has 0 aliphatic heterocycles. The van der Waals surface area contributed by atoms with Crippen LogP contribution in [0.15, 0.2) is 30.5 Å². The van der Waals surface area contributed by atoms with E-state index in [1.54, 1.807) is 7.11 Å². The van der Waals surface area contributed by atoms with Crippen LogP contribution in [0.5, 0.6) is 5.75 Å². The fourth-order valence-corrected chi connectivity index (χ4v) is 2.11. The van der Waals surface area contributed by atoms with Crippen molar-refractivity contribution in [3.05, 3.63) is 36.3 Å². The molecule has 4 heteroatoms. The minimum absolute atomic E-state index is 0.768. The van der Waals surface area contributed by atoms with E-state index in [4.69, 9.17) is 10.5 Å². The van der Waals surface area contributed by atoms with E-state index in [-0.39, 0.29) is 0 Å². The number of imidazole rings is 1. The number of rotatable bonds is 7. The summed E-state index contributed by atoms with van der Waals surface area (Å²) in [5.74, 6) is 1.89. The van der Waals surface area contributed by atoms with Crippen LogP contribution in [0.25, 0.3) is 11.3 Å². The van der Waals surface area contributed by atoms with Gasteiger partial charge < -0.3 is 15.5 Å². The molecule has 19 heavy (non-hydrogen) atoms. The second-order valence-electron chi connectivity index (χ2n) is 4.54. The lowest BCUT2D eigenvalue weighted by Crippen LogP contribution is -1.98. The molecule has 0 unspecified atom stereocenters. The van der Waals surface area contributed by atoms with Crippen LogP contribution >= 0.6 is 0 Å². The van der Waals surface area contributed by atoms with Gasteiger partial charge in [0.25, 0.3) is 0 Å². The van der Waals surface area contributed by atoms with E-state index in [0.29, 0.717) is 0 Å². The number of nitrogens with zero attached hydrogens (tertiary/aromatic N) is 1. The van der Waals surface area contributed by atoms with E-state index in [2.05, 4.69) is 9.97 Å². The molecule has 0 atom stereocenters. The molecule has 0 radical (unpaired) electrons. The summed E-state index contributed by atoms with van der Waals surface area (Å²) in [7, 11) is 1.68. The summed E-state index contributed by atoms with van der Waals surface area (Å²) in [6.07, 6.45) is 6.20. The van der Waals surface area contributed by atoms with Crippen molar-refractivity contribution in [3.8, 4) is 17.0 Å². The minimum Gasteiger partial charge on any atom is -0.496 e. The van der Waals surface area contributed by atoms with Crippen LogP contribution in [0.3, 0.4) is 0 Å². The quantitative estimate of drug-likeness (QED) is 0.751. The Morgan fingerprint density at radius 3 is 2.84 bits per heavy atom. The average Bonchev–Trinajstić information content (AvgIpc) is 2.92. The number of hydrogen-bond acceptors (Lipinski definition) is 3. The fraction of sp³-hybridized carbons (Fsp3) is 0.400. The molecule has 2 aromatic rings. The van der Waals surface area contributed by atoms with Gasteiger partial charge in [-0.25, -0.2) is 4.98 Å². The molecule has 0 aliphatic rings. The lowest BCUT2D eigenvalue weighted by atomic mass is 10.1. The highest BCUT2D eigenvalue weighted by Gasteiger charge is 2.07. The zero-order valence-electron chi connectivity index (χ0n) is 11.4. The normalized spacial score (nSPS) is 10.6. The second kappa shape index (κ2) is 6.95. The summed E-state index contributed by atoms with van der Waals surface area (Å²) in [4.78, 5) is 7.78. The van der Waals surface area contributed by atoms with Crippen molar-refractivity contribution < 1.29 is 4.74 Å². The molecule has 4 nitrogen and oxygen atoms in total. The Kier molecular flexibility index (Phi) is 4.98. The maximum Gasteiger partial charge on any atom is 0.128 e. The number of nitrogens with two attached hydrogens (primary N) is 1. The third kappa shape index (κ3) is 3.58. The van der Waals surface area contributed by atoms with Crippen molar-refractivity contribution in [2.45, 2.75) is 25.7 Å². The zero-order valence-corrected chi connectivity index (χ0v) is 11.4. The number of para-hydroxylation sites is 1. The van der Waals surface area contributed by atoms with Gasteiger partial charge in [-0.2, -0.15) is 0 Å². The van der Waals surface area contributed by atoms with Crippen LogP contribution in [0, 0.1) is 0 Å². The van der Waals surface area contributed by atoms with Gasteiger partial charge in [-0.1, -0.05) is 18.6 Å². The van der Waals surface area contributed by atoms with Crippen molar-refractivity contribution in [1.29, 1.82) is 0 Å². The molecule has 3 N–H and O–H groups in total.